The van der Waals surface area contributed by atoms with Gasteiger partial charge in [-0.2, -0.15) is 0 Å². The van der Waals surface area contributed by atoms with E-state index in [2.05, 4.69) is 9.98 Å². The standard InChI is InChI=1S/C12H18N2O2.Ni/c1-9(7-11(3)15)13-5-6-14-10(2)8-12(4)16;/h7-8H,5-6H2,1-4H3;/q-2;+2. The molecule has 0 bridgehead atoms. The third-order valence-corrected chi connectivity index (χ3v) is 1.65. The van der Waals surface area contributed by atoms with E-state index in [1.165, 1.54) is 26.7 Å². The van der Waals surface area contributed by atoms with E-state index in [0.717, 1.165) is 0 Å². The summed E-state index contributed by atoms with van der Waals surface area (Å²) < 4.78 is 0. The van der Waals surface area contributed by atoms with E-state index < -0.39 is 0 Å². The van der Waals surface area contributed by atoms with Crippen LogP contribution in [0.3, 0.4) is 0 Å². The minimum atomic E-state index is -0.00848. The summed E-state index contributed by atoms with van der Waals surface area (Å²) in [6.07, 6.45) is 2.97. The average molecular weight is 281 g/mol. The molecule has 17 heavy (non-hydrogen) atoms. The van der Waals surface area contributed by atoms with Crippen LogP contribution in [0, 0.1) is 12.8 Å². The van der Waals surface area contributed by atoms with Crippen LogP contribution in [0.5, 0.6) is 0 Å². The molecule has 5 heteroatoms. The topological polar surface area (TPSA) is 58.9 Å². The third kappa shape index (κ3) is 12.8. The van der Waals surface area contributed by atoms with Gasteiger partial charge in [0.1, 0.15) is 0 Å². The minimum Gasteiger partial charge on any atom is -0.334 e. The van der Waals surface area contributed by atoms with E-state index in [4.69, 9.17) is 0 Å². The molecule has 0 N–H and O–H groups in total. The summed E-state index contributed by atoms with van der Waals surface area (Å²) >= 11 is 0. The molecule has 0 aliphatic heterocycles. The first-order valence-electron chi connectivity index (χ1n) is 5.14. The van der Waals surface area contributed by atoms with Crippen LogP contribution in [0.1, 0.15) is 27.7 Å². The summed E-state index contributed by atoms with van der Waals surface area (Å²) in [5.74, 6) is -0.0170. The fourth-order valence-corrected chi connectivity index (χ4v) is 1.13. The van der Waals surface area contributed by atoms with Gasteiger partial charge in [0, 0.05) is 11.6 Å². The molecule has 0 aromatic heterocycles. The molecule has 0 spiro atoms. The summed E-state index contributed by atoms with van der Waals surface area (Å²) in [4.78, 5) is 29.7. The van der Waals surface area contributed by atoms with Gasteiger partial charge in [-0.05, 0) is 13.8 Å². The molecule has 0 fully saturated rings. The molecule has 0 saturated carbocycles. The molecule has 0 rings (SSSR count). The normalized spacial score (nSPS) is 11.5. The van der Waals surface area contributed by atoms with Gasteiger partial charge in [-0.15, -0.1) is 11.4 Å². The number of ketones is 2. The van der Waals surface area contributed by atoms with Gasteiger partial charge in [-0.3, -0.25) is 12.8 Å². The van der Waals surface area contributed by atoms with Gasteiger partial charge < -0.3 is 19.6 Å². The molecule has 0 aromatic carbocycles. The number of hydrogen-bond donors (Lipinski definition) is 0. The summed E-state index contributed by atoms with van der Waals surface area (Å²) in [6.45, 7) is 7.59. The van der Waals surface area contributed by atoms with Crippen LogP contribution in [-0.2, 0) is 26.1 Å². The van der Waals surface area contributed by atoms with Crippen LogP contribution in [-0.4, -0.2) is 36.1 Å². The van der Waals surface area contributed by atoms with Crippen LogP contribution in [0.15, 0.2) is 9.98 Å². The SMILES string of the molecule is CC(=O)[CH-]C(C)=NCCN=C(C)[CH-]C(C)=O.[Ni+2]. The Bertz CT molecular complexity index is 290. The Balaban J connectivity index is 0. The zero-order valence-electron chi connectivity index (χ0n) is 10.6. The Morgan fingerprint density at radius 3 is 1.35 bits per heavy atom. The van der Waals surface area contributed by atoms with Crippen molar-refractivity contribution in [3.05, 3.63) is 12.8 Å². The molecule has 0 aliphatic rings. The Kier molecular flexibility index (Phi) is 10.9. The molecule has 0 atom stereocenters. The van der Waals surface area contributed by atoms with Crippen molar-refractivity contribution in [1.29, 1.82) is 0 Å². The van der Waals surface area contributed by atoms with Gasteiger partial charge in [0.25, 0.3) is 0 Å². The Hall–Kier alpha value is -1.09. The van der Waals surface area contributed by atoms with Crippen LogP contribution in [0.4, 0.5) is 0 Å². The number of Topliss-reactive ketones (excluding diaryl/α,β-unsaturated/α-hetero) is 2. The van der Waals surface area contributed by atoms with E-state index in [1.54, 1.807) is 13.8 Å². The van der Waals surface area contributed by atoms with Crippen molar-refractivity contribution < 1.29 is 26.1 Å². The first-order chi connectivity index (χ1) is 7.41. The third-order valence-electron chi connectivity index (χ3n) is 1.65. The second kappa shape index (κ2) is 10.1. The predicted molar refractivity (Wildman–Crippen MR) is 65.9 cm³/mol. The summed E-state index contributed by atoms with van der Waals surface area (Å²) in [5, 5.41) is 0. The van der Waals surface area contributed by atoms with Crippen molar-refractivity contribution in [2.24, 2.45) is 9.98 Å². The Morgan fingerprint density at radius 1 is 0.824 bits per heavy atom. The van der Waals surface area contributed by atoms with E-state index in [0.29, 0.717) is 24.5 Å². The number of carbonyl (C=O) groups excluding carboxylic acids is 2. The molecule has 0 aromatic rings. The number of aliphatic imine (C=N–C) groups is 2. The maximum Gasteiger partial charge on any atom is 2.00 e. The van der Waals surface area contributed by atoms with Crippen LogP contribution >= 0.6 is 0 Å². The fourth-order valence-electron chi connectivity index (χ4n) is 1.13. The molecule has 98 valence electrons. The zero-order valence-corrected chi connectivity index (χ0v) is 11.6. The maximum atomic E-state index is 10.7. The van der Waals surface area contributed by atoms with Gasteiger partial charge in [-0.25, -0.2) is 0 Å². The largest absolute Gasteiger partial charge is 2.00 e. The van der Waals surface area contributed by atoms with E-state index in [-0.39, 0.29) is 28.1 Å². The fraction of sp³-hybridized carbons (Fsp3) is 0.500. The minimum absolute atomic E-state index is 0. The van der Waals surface area contributed by atoms with Crippen molar-refractivity contribution in [3.63, 3.8) is 0 Å². The van der Waals surface area contributed by atoms with Crippen molar-refractivity contribution in [2.75, 3.05) is 13.1 Å². The van der Waals surface area contributed by atoms with Crippen LogP contribution < -0.4 is 0 Å². The molecular weight excluding hydrogens is 263 g/mol. The number of nitrogens with zero attached hydrogens (tertiary/aromatic N) is 2. The average Bonchev–Trinajstić information content (AvgIpc) is 2.10. The van der Waals surface area contributed by atoms with E-state index in [9.17, 15) is 9.59 Å². The second-order valence-electron chi connectivity index (χ2n) is 3.56. The summed E-state index contributed by atoms with van der Waals surface area (Å²) in [7, 11) is 0. The van der Waals surface area contributed by atoms with Crippen molar-refractivity contribution in [1.82, 2.24) is 0 Å². The maximum absolute atomic E-state index is 10.7. The van der Waals surface area contributed by atoms with Crippen molar-refractivity contribution in [2.45, 2.75) is 27.7 Å². The Labute approximate surface area is 113 Å². The summed E-state index contributed by atoms with van der Waals surface area (Å²) in [5.41, 5.74) is 1.41. The number of carbonyl (C=O) groups is 2. The zero-order chi connectivity index (χ0) is 12.6. The molecule has 4 nitrogen and oxygen atoms in total. The molecule has 0 aliphatic carbocycles. The molecule has 0 amide bonds. The molecule has 0 unspecified atom stereocenters. The van der Waals surface area contributed by atoms with Gasteiger partial charge in [0.2, 0.25) is 0 Å². The predicted octanol–water partition coefficient (Wildman–Crippen LogP) is 1.49. The van der Waals surface area contributed by atoms with Gasteiger partial charge in [0.15, 0.2) is 0 Å². The van der Waals surface area contributed by atoms with Gasteiger partial charge in [-0.1, -0.05) is 13.8 Å². The monoisotopic (exact) mass is 280 g/mol. The summed E-state index contributed by atoms with van der Waals surface area (Å²) in [6, 6.07) is 0. The van der Waals surface area contributed by atoms with E-state index in [1.807, 2.05) is 0 Å². The van der Waals surface area contributed by atoms with Crippen molar-refractivity contribution in [3.8, 4) is 0 Å². The van der Waals surface area contributed by atoms with Crippen LogP contribution in [0.25, 0.3) is 0 Å². The smallest absolute Gasteiger partial charge is 0.334 e. The van der Waals surface area contributed by atoms with Crippen LogP contribution in [0.2, 0.25) is 0 Å². The molecular formula is C12H18N2NiO2. The van der Waals surface area contributed by atoms with Crippen molar-refractivity contribution >= 4 is 23.0 Å². The quantitative estimate of drug-likeness (QED) is 0.307. The Morgan fingerprint density at radius 2 is 1.12 bits per heavy atom. The van der Waals surface area contributed by atoms with E-state index >= 15 is 0 Å². The van der Waals surface area contributed by atoms with Gasteiger partial charge >= 0.3 is 16.5 Å². The molecule has 0 radical (unpaired) electrons. The van der Waals surface area contributed by atoms with Gasteiger partial charge in [0.05, 0.1) is 13.1 Å². The first kappa shape index (κ1) is 18.3. The second-order valence-corrected chi connectivity index (χ2v) is 3.56. The first-order valence-corrected chi connectivity index (χ1v) is 5.14. The molecule has 0 saturated heterocycles. The number of hydrogen-bond acceptors (Lipinski definition) is 4. The molecule has 0 heterocycles. The number of rotatable bonds is 7.